The first kappa shape index (κ1) is 5.24. The van der Waals surface area contributed by atoms with E-state index in [4.69, 9.17) is 0 Å². The van der Waals surface area contributed by atoms with Crippen molar-refractivity contribution in [3.63, 3.8) is 0 Å². The van der Waals surface area contributed by atoms with Crippen LogP contribution in [0.1, 0.15) is 6.42 Å². The quantitative estimate of drug-likeness (QED) is 0.500. The molecule has 1 saturated heterocycles. The lowest BCUT2D eigenvalue weighted by Crippen LogP contribution is -2.24. The second-order valence-corrected chi connectivity index (χ2v) is 2.62. The predicted octanol–water partition coefficient (Wildman–Crippen LogP) is 0.894. The summed E-state index contributed by atoms with van der Waals surface area (Å²) in [5, 5.41) is 3.39. The van der Waals surface area contributed by atoms with E-state index in [1.165, 1.54) is 6.42 Å². The van der Waals surface area contributed by atoms with Crippen molar-refractivity contribution in [2.45, 2.75) is 12.5 Å². The predicted molar refractivity (Wildman–Crippen MR) is 36.9 cm³/mol. The molecule has 2 aliphatic rings. The van der Waals surface area contributed by atoms with Gasteiger partial charge in [0.2, 0.25) is 0 Å². The fourth-order valence-corrected chi connectivity index (χ4v) is 1.48. The minimum atomic E-state index is 0.593. The molecule has 0 saturated carbocycles. The second-order valence-electron chi connectivity index (χ2n) is 2.62. The molecular weight excluding hydrogens is 110 g/mol. The maximum absolute atomic E-state index is 3.39. The van der Waals surface area contributed by atoms with Crippen LogP contribution in [0.2, 0.25) is 0 Å². The molecule has 47 valence electrons. The lowest BCUT2D eigenvalue weighted by atomic mass is 9.97. The summed E-state index contributed by atoms with van der Waals surface area (Å²) in [6.45, 7) is 1.16. The molecule has 0 aromatic carbocycles. The van der Waals surface area contributed by atoms with E-state index in [0.717, 1.165) is 12.5 Å². The van der Waals surface area contributed by atoms with Crippen molar-refractivity contribution >= 4 is 0 Å². The van der Waals surface area contributed by atoms with Crippen LogP contribution in [0.15, 0.2) is 18.2 Å². The average Bonchev–Trinajstić information content (AvgIpc) is 2.33. The van der Waals surface area contributed by atoms with Gasteiger partial charge in [-0.15, -0.1) is 0 Å². The van der Waals surface area contributed by atoms with Crippen molar-refractivity contribution in [3.05, 3.63) is 24.3 Å². The molecule has 1 aliphatic heterocycles. The third-order valence-corrected chi connectivity index (χ3v) is 2.03. The molecule has 1 fully saturated rings. The number of allylic oxidation sites excluding steroid dienone is 2. The van der Waals surface area contributed by atoms with Crippen molar-refractivity contribution in [3.8, 4) is 0 Å². The Hall–Kier alpha value is -0.560. The summed E-state index contributed by atoms with van der Waals surface area (Å²) in [7, 11) is 0. The van der Waals surface area contributed by atoms with E-state index in [1.54, 1.807) is 0 Å². The summed E-state index contributed by atoms with van der Waals surface area (Å²) < 4.78 is 0. The van der Waals surface area contributed by atoms with Crippen molar-refractivity contribution in [2.75, 3.05) is 6.54 Å². The summed E-state index contributed by atoms with van der Waals surface area (Å²) >= 11 is 0. The van der Waals surface area contributed by atoms with Gasteiger partial charge in [-0.25, -0.2) is 0 Å². The maximum atomic E-state index is 3.39. The van der Waals surface area contributed by atoms with E-state index >= 15 is 0 Å². The minimum Gasteiger partial charge on any atom is -0.310 e. The molecule has 1 heteroatoms. The first-order chi connectivity index (χ1) is 4.47. The van der Waals surface area contributed by atoms with Gasteiger partial charge < -0.3 is 5.32 Å². The SMILES string of the molecule is [C]1=CC2NCCC2C=C1. The largest absolute Gasteiger partial charge is 0.310 e. The minimum absolute atomic E-state index is 0.593. The second kappa shape index (κ2) is 1.99. The zero-order valence-corrected chi connectivity index (χ0v) is 5.30. The van der Waals surface area contributed by atoms with Gasteiger partial charge in [0.1, 0.15) is 0 Å². The molecule has 9 heavy (non-hydrogen) atoms. The molecule has 2 atom stereocenters. The van der Waals surface area contributed by atoms with Crippen LogP contribution in [0.25, 0.3) is 0 Å². The highest BCUT2D eigenvalue weighted by atomic mass is 14.9. The number of rotatable bonds is 0. The third kappa shape index (κ3) is 0.815. The van der Waals surface area contributed by atoms with Crippen LogP contribution < -0.4 is 5.32 Å². The number of hydrogen-bond acceptors (Lipinski definition) is 1. The molecule has 1 heterocycles. The van der Waals surface area contributed by atoms with Crippen molar-refractivity contribution < 1.29 is 0 Å². The zero-order chi connectivity index (χ0) is 6.10. The first-order valence-corrected chi connectivity index (χ1v) is 3.46. The maximum Gasteiger partial charge on any atom is 0.0322 e. The van der Waals surface area contributed by atoms with Gasteiger partial charge in [0.15, 0.2) is 0 Å². The molecule has 1 nitrogen and oxygen atoms in total. The van der Waals surface area contributed by atoms with Crippen LogP contribution in [0, 0.1) is 12.0 Å². The molecule has 1 radical (unpaired) electrons. The van der Waals surface area contributed by atoms with Crippen LogP contribution in [0.5, 0.6) is 0 Å². The smallest absolute Gasteiger partial charge is 0.0322 e. The van der Waals surface area contributed by atoms with Crippen LogP contribution in [-0.2, 0) is 0 Å². The van der Waals surface area contributed by atoms with Gasteiger partial charge in [0.25, 0.3) is 0 Å². The number of fused-ring (bicyclic) bond motifs is 1. The number of nitrogens with one attached hydrogen (secondary N) is 1. The van der Waals surface area contributed by atoms with E-state index in [9.17, 15) is 0 Å². The van der Waals surface area contributed by atoms with Crippen molar-refractivity contribution in [1.29, 1.82) is 0 Å². The topological polar surface area (TPSA) is 12.0 Å². The van der Waals surface area contributed by atoms with E-state index in [1.807, 2.05) is 6.08 Å². The van der Waals surface area contributed by atoms with E-state index in [2.05, 4.69) is 23.5 Å². The van der Waals surface area contributed by atoms with Crippen LogP contribution in [0.3, 0.4) is 0 Å². The Morgan fingerprint density at radius 1 is 1.56 bits per heavy atom. The molecule has 2 unspecified atom stereocenters. The van der Waals surface area contributed by atoms with Gasteiger partial charge in [-0.05, 0) is 25.0 Å². The summed E-state index contributed by atoms with van der Waals surface area (Å²) in [4.78, 5) is 0. The van der Waals surface area contributed by atoms with Crippen LogP contribution in [-0.4, -0.2) is 12.6 Å². The van der Waals surface area contributed by atoms with Gasteiger partial charge in [-0.2, -0.15) is 0 Å². The Morgan fingerprint density at radius 3 is 3.44 bits per heavy atom. The Labute approximate surface area is 55.5 Å². The Bertz CT molecular complexity index is 140. The van der Waals surface area contributed by atoms with Gasteiger partial charge >= 0.3 is 0 Å². The summed E-state index contributed by atoms with van der Waals surface area (Å²) in [5.74, 6) is 0.756. The average molecular weight is 120 g/mol. The van der Waals surface area contributed by atoms with E-state index < -0.39 is 0 Å². The van der Waals surface area contributed by atoms with Gasteiger partial charge in [0.05, 0.1) is 0 Å². The standard InChI is InChI=1S/C8H10N/c1-2-4-8-7(3-1)5-6-9-8/h1,3-4,7-9H,5-6H2. The molecule has 0 spiro atoms. The lowest BCUT2D eigenvalue weighted by Gasteiger charge is -2.13. The Kier molecular flexibility index (Phi) is 1.16. The highest BCUT2D eigenvalue weighted by Gasteiger charge is 2.22. The molecule has 2 rings (SSSR count). The van der Waals surface area contributed by atoms with E-state index in [0.29, 0.717) is 6.04 Å². The fourth-order valence-electron chi connectivity index (χ4n) is 1.48. The molecule has 0 aromatic heterocycles. The molecular formula is C8H10N. The van der Waals surface area contributed by atoms with E-state index in [-0.39, 0.29) is 0 Å². The molecule has 1 N–H and O–H groups in total. The van der Waals surface area contributed by atoms with Crippen molar-refractivity contribution in [2.24, 2.45) is 5.92 Å². The highest BCUT2D eigenvalue weighted by Crippen LogP contribution is 2.20. The Morgan fingerprint density at radius 2 is 2.56 bits per heavy atom. The molecule has 1 aliphatic carbocycles. The monoisotopic (exact) mass is 120 g/mol. The molecule has 0 bridgehead atoms. The normalized spacial score (nSPS) is 39.1. The zero-order valence-electron chi connectivity index (χ0n) is 5.30. The summed E-state index contributed by atoms with van der Waals surface area (Å²) in [6.07, 6.45) is 10.8. The van der Waals surface area contributed by atoms with Crippen LogP contribution in [0.4, 0.5) is 0 Å². The van der Waals surface area contributed by atoms with Gasteiger partial charge in [0, 0.05) is 6.04 Å². The van der Waals surface area contributed by atoms with Crippen LogP contribution >= 0.6 is 0 Å². The number of hydrogen-bond donors (Lipinski definition) is 1. The molecule has 0 amide bonds. The lowest BCUT2D eigenvalue weighted by molar-refractivity contribution is 0.611. The summed E-state index contributed by atoms with van der Waals surface area (Å²) in [5.41, 5.74) is 0. The van der Waals surface area contributed by atoms with Crippen molar-refractivity contribution in [1.82, 2.24) is 5.32 Å². The molecule has 0 aromatic rings. The third-order valence-electron chi connectivity index (χ3n) is 2.03. The fraction of sp³-hybridized carbons (Fsp3) is 0.500. The van der Waals surface area contributed by atoms with Gasteiger partial charge in [-0.3, -0.25) is 0 Å². The summed E-state index contributed by atoms with van der Waals surface area (Å²) in [6, 6.07) is 0.593. The highest BCUT2D eigenvalue weighted by molar-refractivity contribution is 5.14. The van der Waals surface area contributed by atoms with Gasteiger partial charge in [-0.1, -0.05) is 18.2 Å². The Balaban J connectivity index is 2.18. The first-order valence-electron chi connectivity index (χ1n) is 3.46.